The van der Waals surface area contributed by atoms with Gasteiger partial charge in [0.2, 0.25) is 0 Å². The minimum Gasteiger partial charge on any atom is -0.354 e. The molecule has 0 aliphatic carbocycles. The van der Waals surface area contributed by atoms with E-state index in [0.29, 0.717) is 35.7 Å². The van der Waals surface area contributed by atoms with Crippen molar-refractivity contribution in [2.75, 3.05) is 16.3 Å². The molecule has 1 fully saturated rings. The molecular weight excluding hydrogens is 536 g/mol. The van der Waals surface area contributed by atoms with Crippen LogP contribution in [0.15, 0.2) is 24.3 Å². The largest absolute Gasteiger partial charge is 0.354 e. The number of fused-ring (bicyclic) bond motifs is 2. The number of aryl methyl sites for hydroxylation is 1. The molecule has 0 radical (unpaired) electrons. The summed E-state index contributed by atoms with van der Waals surface area (Å²) in [6.45, 7) is 13.5. The van der Waals surface area contributed by atoms with E-state index < -0.39 is 15.7 Å². The molecule has 10 nitrogen and oxygen atoms in total. The number of hydrogen-bond acceptors (Lipinski definition) is 7. The molecule has 1 unspecified atom stereocenters. The Morgan fingerprint density at radius 3 is 2.66 bits per heavy atom. The van der Waals surface area contributed by atoms with Crippen molar-refractivity contribution in [3.63, 3.8) is 0 Å². The molecule has 3 aliphatic rings. The molecule has 1 amide bonds. The Bertz CT molecular complexity index is 1510. The van der Waals surface area contributed by atoms with Crippen molar-refractivity contribution in [2.24, 2.45) is 0 Å². The van der Waals surface area contributed by atoms with E-state index in [0.717, 1.165) is 67.4 Å². The van der Waals surface area contributed by atoms with Gasteiger partial charge in [-0.2, -0.15) is 0 Å². The second kappa shape index (κ2) is 10.6. The third-order valence-corrected chi connectivity index (χ3v) is 10.3. The van der Waals surface area contributed by atoms with Crippen LogP contribution in [0, 0.1) is 0 Å². The summed E-state index contributed by atoms with van der Waals surface area (Å²) in [5.41, 5.74) is 2.98. The van der Waals surface area contributed by atoms with Crippen molar-refractivity contribution >= 4 is 28.5 Å². The zero-order valence-electron chi connectivity index (χ0n) is 24.8. The molecule has 0 bridgehead atoms. The smallest absolute Gasteiger partial charge is 0.260 e. The molecule has 3 aromatic heterocycles. The highest BCUT2D eigenvalue weighted by atomic mass is 32.2. The highest BCUT2D eigenvalue weighted by Gasteiger charge is 2.37. The lowest BCUT2D eigenvalue weighted by molar-refractivity contribution is 0.0996. The van der Waals surface area contributed by atoms with Crippen molar-refractivity contribution < 1.29 is 9.00 Å². The molecule has 6 rings (SSSR count). The van der Waals surface area contributed by atoms with Crippen molar-refractivity contribution in [1.29, 1.82) is 0 Å². The highest BCUT2D eigenvalue weighted by molar-refractivity contribution is 7.84. The number of anilines is 2. The first-order valence-electron chi connectivity index (χ1n) is 14.8. The van der Waals surface area contributed by atoms with Crippen LogP contribution in [0.3, 0.4) is 0 Å². The molecule has 0 aromatic carbocycles. The maximum Gasteiger partial charge on any atom is 0.260 e. The van der Waals surface area contributed by atoms with Crippen LogP contribution in [0.25, 0.3) is 11.5 Å². The Hall–Kier alpha value is -3.18. The zero-order valence-corrected chi connectivity index (χ0v) is 25.7. The number of pyridine rings is 2. The monoisotopic (exact) mass is 576 g/mol. The molecule has 0 spiro atoms. The number of aromatic nitrogens is 5. The van der Waals surface area contributed by atoms with Crippen LogP contribution in [0.2, 0.25) is 0 Å². The second-order valence-corrected chi connectivity index (χ2v) is 14.5. The minimum absolute atomic E-state index is 0.0940. The number of hydrogen-bond donors (Lipinski definition) is 1. The Morgan fingerprint density at radius 2 is 1.95 bits per heavy atom. The Morgan fingerprint density at radius 1 is 1.15 bits per heavy atom. The Labute approximate surface area is 244 Å². The second-order valence-electron chi connectivity index (χ2n) is 12.5. The van der Waals surface area contributed by atoms with Crippen molar-refractivity contribution in [3.05, 3.63) is 46.9 Å². The number of nitrogens with one attached hydrogen (secondary N) is 1. The van der Waals surface area contributed by atoms with Crippen LogP contribution in [0.1, 0.15) is 107 Å². The first-order chi connectivity index (χ1) is 19.6. The van der Waals surface area contributed by atoms with Gasteiger partial charge in [0, 0.05) is 30.6 Å². The fourth-order valence-electron chi connectivity index (χ4n) is 6.23. The fraction of sp³-hybridized carbons (Fsp3) is 0.567. The van der Waals surface area contributed by atoms with Crippen LogP contribution < -0.4 is 14.5 Å². The van der Waals surface area contributed by atoms with Crippen LogP contribution in [0.5, 0.6) is 0 Å². The van der Waals surface area contributed by atoms with Gasteiger partial charge in [-0.1, -0.05) is 13.0 Å². The predicted octanol–water partition coefficient (Wildman–Crippen LogP) is 4.89. The summed E-state index contributed by atoms with van der Waals surface area (Å²) in [6, 6.07) is 8.09. The van der Waals surface area contributed by atoms with Gasteiger partial charge >= 0.3 is 0 Å². The van der Waals surface area contributed by atoms with Gasteiger partial charge < -0.3 is 9.47 Å². The number of rotatable bonds is 7. The summed E-state index contributed by atoms with van der Waals surface area (Å²) in [5, 5.41) is 8.89. The van der Waals surface area contributed by atoms with Crippen LogP contribution in [0.4, 0.5) is 11.6 Å². The van der Waals surface area contributed by atoms with Crippen LogP contribution in [-0.4, -0.2) is 52.2 Å². The molecule has 3 aliphatic heterocycles. The van der Waals surface area contributed by atoms with Gasteiger partial charge in [0.15, 0.2) is 5.82 Å². The van der Waals surface area contributed by atoms with E-state index in [4.69, 9.17) is 9.97 Å². The van der Waals surface area contributed by atoms with Gasteiger partial charge in [0.1, 0.15) is 23.2 Å². The topological polar surface area (TPSA) is 109 Å². The summed E-state index contributed by atoms with van der Waals surface area (Å²) >= 11 is 0. The molecule has 3 aromatic rings. The third kappa shape index (κ3) is 4.97. The van der Waals surface area contributed by atoms with Crippen LogP contribution >= 0.6 is 0 Å². The summed E-state index contributed by atoms with van der Waals surface area (Å²) in [6.07, 6.45) is 5.19. The normalized spacial score (nSPS) is 21.9. The number of carbonyl (C=O) groups excluding carboxylic acids is 1. The van der Waals surface area contributed by atoms with E-state index in [-0.39, 0.29) is 11.9 Å². The van der Waals surface area contributed by atoms with Gasteiger partial charge in [-0.25, -0.2) is 18.9 Å². The standard InChI is InChI=1S/C30H40N8O2S/c1-7-20-13-14-25-33-34-28(38(20)25)23-11-8-12-24(31-23)37-17-22-21(29(37)39)16-26(36-15-9-10-18(36)2)32-27(22)19(3)35-41(40)30(4,5)6/h8,11-12,16,18-20,35H,7,9-10,13-15,17H2,1-6H3/t18-,19+,20+,41?/m1/s1. The molecule has 11 heteroatoms. The number of nitrogens with zero attached hydrogens (tertiary/aromatic N) is 7. The van der Waals surface area contributed by atoms with Gasteiger partial charge in [-0.15, -0.1) is 10.2 Å². The lowest BCUT2D eigenvalue weighted by Crippen LogP contribution is -2.36. The predicted molar refractivity (Wildman–Crippen MR) is 161 cm³/mol. The van der Waals surface area contributed by atoms with E-state index in [9.17, 15) is 9.00 Å². The average Bonchev–Trinajstić information content (AvgIpc) is 3.72. The van der Waals surface area contributed by atoms with E-state index in [1.807, 2.05) is 52.0 Å². The molecule has 1 saturated heterocycles. The zero-order chi connectivity index (χ0) is 29.1. The first-order valence-corrected chi connectivity index (χ1v) is 15.9. The van der Waals surface area contributed by atoms with Crippen molar-refractivity contribution in [3.8, 4) is 11.5 Å². The average molecular weight is 577 g/mol. The number of carbonyl (C=O) groups is 1. The molecule has 6 heterocycles. The summed E-state index contributed by atoms with van der Waals surface area (Å²) in [4.78, 5) is 28.0. The SMILES string of the molecule is CC[C@H]1CCc2nnc(-c3cccc(N4Cc5c(cc(N6CCC[C@H]6C)nc5[C@H](C)NS(=O)C(C)(C)C)C4=O)n3)n21. The summed E-state index contributed by atoms with van der Waals surface area (Å²) in [7, 11) is -1.29. The summed E-state index contributed by atoms with van der Waals surface area (Å²) in [5.74, 6) is 3.04. The quantitative estimate of drug-likeness (QED) is 0.426. The maximum atomic E-state index is 14.0. The molecule has 4 atom stereocenters. The lowest BCUT2D eigenvalue weighted by atomic mass is 10.0. The van der Waals surface area contributed by atoms with Gasteiger partial charge in [0.05, 0.1) is 39.6 Å². The third-order valence-electron chi connectivity index (χ3n) is 8.58. The van der Waals surface area contributed by atoms with E-state index in [1.165, 1.54) is 0 Å². The number of amides is 1. The minimum atomic E-state index is -1.29. The molecule has 218 valence electrons. The van der Waals surface area contributed by atoms with Crippen molar-refractivity contribution in [1.82, 2.24) is 29.5 Å². The fourth-order valence-corrected chi connectivity index (χ4v) is 7.02. The van der Waals surface area contributed by atoms with E-state index in [2.05, 4.69) is 38.2 Å². The molecular formula is C30H40N8O2S. The van der Waals surface area contributed by atoms with E-state index in [1.54, 1.807) is 4.90 Å². The van der Waals surface area contributed by atoms with Crippen LogP contribution in [-0.2, 0) is 24.0 Å². The van der Waals surface area contributed by atoms with Gasteiger partial charge in [0.25, 0.3) is 5.91 Å². The van der Waals surface area contributed by atoms with Gasteiger partial charge in [-0.05, 0) is 78.5 Å². The highest BCUT2D eigenvalue weighted by Crippen LogP contribution is 2.37. The Kier molecular flexibility index (Phi) is 7.22. The maximum absolute atomic E-state index is 14.0. The molecule has 41 heavy (non-hydrogen) atoms. The summed E-state index contributed by atoms with van der Waals surface area (Å²) < 4.78 is 18.1. The van der Waals surface area contributed by atoms with Gasteiger partial charge in [-0.3, -0.25) is 9.69 Å². The molecule has 0 saturated carbocycles. The Balaban J connectivity index is 1.37. The van der Waals surface area contributed by atoms with Crippen molar-refractivity contribution in [2.45, 2.75) is 103 Å². The van der Waals surface area contributed by atoms with E-state index >= 15 is 0 Å². The first kappa shape index (κ1) is 28.0. The molecule has 1 N–H and O–H groups in total. The lowest BCUT2D eigenvalue weighted by Gasteiger charge is -2.26.